The Balaban J connectivity index is 1.27. The molecular formula is C21H22N8O2S. The number of aromatic nitrogens is 5. The number of fused-ring (bicyclic) bond motifs is 1. The van der Waals surface area contributed by atoms with E-state index in [1.807, 2.05) is 60.5 Å². The second-order valence-electron chi connectivity index (χ2n) is 7.66. The molecule has 32 heavy (non-hydrogen) atoms. The van der Waals surface area contributed by atoms with Crippen molar-refractivity contribution in [2.24, 2.45) is 0 Å². The zero-order valence-electron chi connectivity index (χ0n) is 17.3. The summed E-state index contributed by atoms with van der Waals surface area (Å²) in [6.45, 7) is 3.31. The minimum Gasteiger partial charge on any atom is -0.390 e. The van der Waals surface area contributed by atoms with Crippen LogP contribution in [0.3, 0.4) is 0 Å². The molecule has 3 aromatic heterocycles. The molecule has 1 amide bonds. The van der Waals surface area contributed by atoms with E-state index < -0.39 is 0 Å². The summed E-state index contributed by atoms with van der Waals surface area (Å²) in [5.74, 6) is 1.26. The molecular weight excluding hydrogens is 428 g/mol. The number of aliphatic hydroxyl groups is 1. The van der Waals surface area contributed by atoms with Gasteiger partial charge in [0, 0.05) is 41.6 Å². The third-order valence-corrected chi connectivity index (χ3v) is 5.84. The van der Waals surface area contributed by atoms with Gasteiger partial charge in [-0.2, -0.15) is 5.10 Å². The van der Waals surface area contributed by atoms with E-state index in [0.717, 1.165) is 21.8 Å². The van der Waals surface area contributed by atoms with Gasteiger partial charge in [0.05, 0.1) is 12.6 Å². The Kier molecular flexibility index (Phi) is 5.52. The average Bonchev–Trinajstić information content (AvgIpc) is 3.37. The van der Waals surface area contributed by atoms with Crippen LogP contribution in [0.4, 0.5) is 17.3 Å². The van der Waals surface area contributed by atoms with E-state index >= 15 is 0 Å². The standard InChI is InChI=1S/C21H22N8O2S/c1-13-9-18(26-25-13)23-20-17-3-2-8-29(17)27-21(24-20)32-16-6-4-14(5-7-16)22-19(31)12-28-10-15(30)11-28/h2-9,15,30H,10-12H2,1H3,(H,22,31)(H2,23,24,25,26,27). The average molecular weight is 451 g/mol. The van der Waals surface area contributed by atoms with Crippen LogP contribution in [0.1, 0.15) is 5.69 Å². The number of aliphatic hydroxyl groups excluding tert-OH is 1. The van der Waals surface area contributed by atoms with Crippen molar-refractivity contribution in [3.63, 3.8) is 0 Å². The lowest BCUT2D eigenvalue weighted by Crippen LogP contribution is -2.53. The van der Waals surface area contributed by atoms with E-state index in [2.05, 4.69) is 30.9 Å². The minimum atomic E-state index is -0.314. The van der Waals surface area contributed by atoms with Crippen molar-refractivity contribution in [3.8, 4) is 0 Å². The molecule has 4 aromatic rings. The predicted molar refractivity (Wildman–Crippen MR) is 121 cm³/mol. The Morgan fingerprint density at radius 3 is 2.81 bits per heavy atom. The molecule has 1 fully saturated rings. The van der Waals surface area contributed by atoms with E-state index in [0.29, 0.717) is 29.9 Å². The highest BCUT2D eigenvalue weighted by molar-refractivity contribution is 7.99. The first-order valence-electron chi connectivity index (χ1n) is 10.1. The number of likely N-dealkylation sites (tertiary alicyclic amines) is 1. The fourth-order valence-electron chi connectivity index (χ4n) is 3.44. The monoisotopic (exact) mass is 450 g/mol. The topological polar surface area (TPSA) is 123 Å². The quantitative estimate of drug-likeness (QED) is 0.338. The smallest absolute Gasteiger partial charge is 0.238 e. The van der Waals surface area contributed by atoms with E-state index in [4.69, 9.17) is 0 Å². The summed E-state index contributed by atoms with van der Waals surface area (Å²) in [6, 6.07) is 13.3. The highest BCUT2D eigenvalue weighted by atomic mass is 32.2. The molecule has 1 saturated heterocycles. The molecule has 4 N–H and O–H groups in total. The zero-order valence-corrected chi connectivity index (χ0v) is 18.1. The molecule has 0 saturated carbocycles. The maximum atomic E-state index is 12.1. The minimum absolute atomic E-state index is 0.0944. The van der Waals surface area contributed by atoms with Gasteiger partial charge >= 0.3 is 0 Å². The number of H-pyrrole nitrogens is 1. The summed E-state index contributed by atoms with van der Waals surface area (Å²) in [5.41, 5.74) is 2.53. The zero-order chi connectivity index (χ0) is 22.1. The molecule has 0 bridgehead atoms. The number of benzene rings is 1. The first-order valence-corrected chi connectivity index (χ1v) is 11.0. The molecule has 11 heteroatoms. The number of β-amino-alcohol motifs (C(OH)–C–C–N with tert-alkyl or cyclic N) is 1. The fourth-order valence-corrected chi connectivity index (χ4v) is 4.19. The Hall–Kier alpha value is -3.41. The number of aromatic amines is 1. The van der Waals surface area contributed by atoms with E-state index in [1.165, 1.54) is 11.8 Å². The molecule has 164 valence electrons. The van der Waals surface area contributed by atoms with Gasteiger partial charge in [-0.25, -0.2) is 9.50 Å². The lowest BCUT2D eigenvalue weighted by molar-refractivity contribution is -0.119. The SMILES string of the molecule is Cc1cc(Nc2nc(Sc3ccc(NC(=O)CN4CC(O)C4)cc3)nn3cccc23)n[nH]1. The number of hydrogen-bond donors (Lipinski definition) is 4. The molecule has 5 rings (SSSR count). The third kappa shape index (κ3) is 4.59. The lowest BCUT2D eigenvalue weighted by Gasteiger charge is -2.34. The number of aryl methyl sites for hydroxylation is 1. The van der Waals surface area contributed by atoms with Crippen molar-refractivity contribution in [1.82, 2.24) is 29.7 Å². The van der Waals surface area contributed by atoms with Crippen LogP contribution in [0.5, 0.6) is 0 Å². The van der Waals surface area contributed by atoms with Crippen LogP contribution in [0, 0.1) is 6.92 Å². The number of amides is 1. The summed E-state index contributed by atoms with van der Waals surface area (Å²) in [7, 11) is 0. The second kappa shape index (κ2) is 8.61. The number of rotatable bonds is 7. The van der Waals surface area contributed by atoms with Crippen LogP contribution >= 0.6 is 11.8 Å². The van der Waals surface area contributed by atoms with Gasteiger partial charge in [-0.15, -0.1) is 5.10 Å². The maximum Gasteiger partial charge on any atom is 0.238 e. The highest BCUT2D eigenvalue weighted by Crippen LogP contribution is 2.28. The number of hydrogen-bond acceptors (Lipinski definition) is 8. The predicted octanol–water partition coefficient (Wildman–Crippen LogP) is 2.27. The summed E-state index contributed by atoms with van der Waals surface area (Å²) >= 11 is 1.43. The summed E-state index contributed by atoms with van der Waals surface area (Å²) in [6.07, 6.45) is 1.56. The normalized spacial score (nSPS) is 14.4. The van der Waals surface area contributed by atoms with E-state index in [9.17, 15) is 9.90 Å². The van der Waals surface area contributed by atoms with Gasteiger partial charge in [-0.1, -0.05) is 0 Å². The van der Waals surface area contributed by atoms with Crippen molar-refractivity contribution in [2.75, 3.05) is 30.3 Å². The number of carbonyl (C=O) groups excluding carboxylic acids is 1. The van der Waals surface area contributed by atoms with Crippen LogP contribution in [0.15, 0.2) is 58.7 Å². The molecule has 0 atom stereocenters. The molecule has 0 radical (unpaired) electrons. The fraction of sp³-hybridized carbons (Fsp3) is 0.238. The molecule has 1 aromatic carbocycles. The van der Waals surface area contributed by atoms with Crippen molar-refractivity contribution < 1.29 is 9.90 Å². The van der Waals surface area contributed by atoms with E-state index in [1.54, 1.807) is 4.52 Å². The molecule has 0 unspecified atom stereocenters. The summed E-state index contributed by atoms with van der Waals surface area (Å²) in [5, 5.41) is 27.7. The maximum absolute atomic E-state index is 12.1. The number of nitrogens with one attached hydrogen (secondary N) is 3. The van der Waals surface area contributed by atoms with Gasteiger partial charge < -0.3 is 15.7 Å². The lowest BCUT2D eigenvalue weighted by atomic mass is 10.2. The molecule has 1 aliphatic heterocycles. The number of carbonyl (C=O) groups is 1. The van der Waals surface area contributed by atoms with Gasteiger partial charge in [0.25, 0.3) is 0 Å². The highest BCUT2D eigenvalue weighted by Gasteiger charge is 2.25. The first kappa shape index (κ1) is 20.5. The van der Waals surface area contributed by atoms with Crippen molar-refractivity contribution in [3.05, 3.63) is 54.4 Å². The van der Waals surface area contributed by atoms with Crippen molar-refractivity contribution in [2.45, 2.75) is 23.1 Å². The van der Waals surface area contributed by atoms with Gasteiger partial charge in [0.1, 0.15) is 5.52 Å². The number of anilines is 3. The Morgan fingerprint density at radius 2 is 2.09 bits per heavy atom. The molecule has 0 spiro atoms. The first-order chi connectivity index (χ1) is 15.5. The van der Waals surface area contributed by atoms with Crippen LogP contribution in [0.25, 0.3) is 5.52 Å². The van der Waals surface area contributed by atoms with Crippen LogP contribution in [0.2, 0.25) is 0 Å². The Morgan fingerprint density at radius 1 is 1.28 bits per heavy atom. The van der Waals surface area contributed by atoms with Gasteiger partial charge in [-0.3, -0.25) is 14.8 Å². The molecule has 10 nitrogen and oxygen atoms in total. The summed E-state index contributed by atoms with van der Waals surface area (Å²) < 4.78 is 1.78. The van der Waals surface area contributed by atoms with Crippen LogP contribution in [-0.2, 0) is 4.79 Å². The molecule has 4 heterocycles. The van der Waals surface area contributed by atoms with Gasteiger partial charge in [0.15, 0.2) is 11.6 Å². The third-order valence-electron chi connectivity index (χ3n) is 4.98. The van der Waals surface area contributed by atoms with Gasteiger partial charge in [-0.05, 0) is 55.1 Å². The van der Waals surface area contributed by atoms with Crippen LogP contribution in [-0.4, -0.2) is 66.4 Å². The second-order valence-corrected chi connectivity index (χ2v) is 8.71. The number of nitrogens with zero attached hydrogens (tertiary/aromatic N) is 5. The van der Waals surface area contributed by atoms with Crippen molar-refractivity contribution in [1.29, 1.82) is 0 Å². The Bertz CT molecular complexity index is 1250. The van der Waals surface area contributed by atoms with Crippen molar-refractivity contribution >= 4 is 40.5 Å². The summed E-state index contributed by atoms with van der Waals surface area (Å²) in [4.78, 5) is 19.6. The van der Waals surface area contributed by atoms with Crippen LogP contribution < -0.4 is 10.6 Å². The molecule has 1 aliphatic rings. The van der Waals surface area contributed by atoms with E-state index in [-0.39, 0.29) is 18.6 Å². The molecule has 0 aliphatic carbocycles. The van der Waals surface area contributed by atoms with Gasteiger partial charge in [0.2, 0.25) is 11.1 Å². The largest absolute Gasteiger partial charge is 0.390 e. The Labute approximate surface area is 188 Å².